The van der Waals surface area contributed by atoms with Crippen LogP contribution in [0.15, 0.2) is 59.5 Å². The van der Waals surface area contributed by atoms with Crippen LogP contribution in [0.1, 0.15) is 23.0 Å². The monoisotopic (exact) mass is 422 g/mol. The van der Waals surface area contributed by atoms with Crippen molar-refractivity contribution in [1.82, 2.24) is 24.8 Å². The SMILES string of the molecule is CCn1c(NNC(=O)c2cnn(-c3cccc(Cl)c3)c2C)nc2ccccc2c1=O. The largest absolute Gasteiger partial charge is 0.277 e. The summed E-state index contributed by atoms with van der Waals surface area (Å²) in [7, 11) is 0. The molecule has 0 aliphatic rings. The van der Waals surface area contributed by atoms with E-state index < -0.39 is 5.91 Å². The molecule has 0 atom stereocenters. The van der Waals surface area contributed by atoms with Gasteiger partial charge in [0, 0.05) is 11.6 Å². The van der Waals surface area contributed by atoms with Crippen molar-refractivity contribution >= 4 is 34.4 Å². The second-order valence-corrected chi connectivity index (χ2v) is 7.05. The van der Waals surface area contributed by atoms with E-state index >= 15 is 0 Å². The summed E-state index contributed by atoms with van der Waals surface area (Å²) < 4.78 is 3.10. The van der Waals surface area contributed by atoms with Crippen molar-refractivity contribution in [2.45, 2.75) is 20.4 Å². The van der Waals surface area contributed by atoms with E-state index in [0.29, 0.717) is 33.7 Å². The number of nitrogens with one attached hydrogen (secondary N) is 2. The maximum atomic E-state index is 12.7. The molecule has 4 rings (SSSR count). The van der Waals surface area contributed by atoms with E-state index in [1.165, 1.54) is 10.8 Å². The summed E-state index contributed by atoms with van der Waals surface area (Å²) >= 11 is 6.05. The summed E-state index contributed by atoms with van der Waals surface area (Å²) in [5, 5.41) is 5.39. The number of anilines is 1. The van der Waals surface area contributed by atoms with Crippen molar-refractivity contribution < 1.29 is 4.79 Å². The lowest BCUT2D eigenvalue weighted by molar-refractivity contribution is 0.0961. The van der Waals surface area contributed by atoms with Gasteiger partial charge in [-0.05, 0) is 44.2 Å². The van der Waals surface area contributed by atoms with Gasteiger partial charge < -0.3 is 0 Å². The van der Waals surface area contributed by atoms with Crippen LogP contribution in [-0.2, 0) is 6.54 Å². The number of amides is 1. The molecule has 2 aromatic heterocycles. The molecule has 1 amide bonds. The van der Waals surface area contributed by atoms with Gasteiger partial charge in [-0.25, -0.2) is 9.67 Å². The molecule has 30 heavy (non-hydrogen) atoms. The van der Waals surface area contributed by atoms with Gasteiger partial charge in [-0.1, -0.05) is 29.8 Å². The van der Waals surface area contributed by atoms with Crippen molar-refractivity contribution in [3.8, 4) is 5.69 Å². The lowest BCUT2D eigenvalue weighted by Gasteiger charge is -2.14. The Kier molecular flexibility index (Phi) is 5.24. The smallest absolute Gasteiger partial charge is 0.273 e. The highest BCUT2D eigenvalue weighted by atomic mass is 35.5. The molecule has 0 radical (unpaired) electrons. The molecule has 0 aliphatic carbocycles. The van der Waals surface area contributed by atoms with Crippen molar-refractivity contribution in [3.05, 3.63) is 81.4 Å². The second-order valence-electron chi connectivity index (χ2n) is 6.62. The number of nitrogens with zero attached hydrogens (tertiary/aromatic N) is 4. The molecule has 0 unspecified atom stereocenters. The molecule has 0 bridgehead atoms. The zero-order valence-electron chi connectivity index (χ0n) is 16.4. The van der Waals surface area contributed by atoms with E-state index in [2.05, 4.69) is 20.9 Å². The summed E-state index contributed by atoms with van der Waals surface area (Å²) in [5.74, 6) is -0.139. The van der Waals surface area contributed by atoms with Gasteiger partial charge in [0.05, 0.1) is 34.0 Å². The average molecular weight is 423 g/mol. The summed E-state index contributed by atoms with van der Waals surface area (Å²) in [6, 6.07) is 14.3. The molecule has 4 aromatic rings. The zero-order chi connectivity index (χ0) is 21.3. The van der Waals surface area contributed by atoms with Crippen molar-refractivity contribution in [1.29, 1.82) is 0 Å². The van der Waals surface area contributed by atoms with Crippen LogP contribution < -0.4 is 16.4 Å². The van der Waals surface area contributed by atoms with Gasteiger partial charge in [0.25, 0.3) is 11.5 Å². The lowest BCUT2D eigenvalue weighted by Crippen LogP contribution is -2.34. The van der Waals surface area contributed by atoms with Crippen LogP contribution in [0.4, 0.5) is 5.95 Å². The maximum Gasteiger partial charge on any atom is 0.273 e. The average Bonchev–Trinajstić information content (AvgIpc) is 3.13. The minimum absolute atomic E-state index is 0.176. The highest BCUT2D eigenvalue weighted by Gasteiger charge is 2.16. The number of hydrogen-bond donors (Lipinski definition) is 2. The molecule has 9 heteroatoms. The molecular formula is C21H19ClN6O2. The maximum absolute atomic E-state index is 12.7. The number of carbonyl (C=O) groups excluding carboxylic acids is 1. The highest BCUT2D eigenvalue weighted by molar-refractivity contribution is 6.30. The summed E-state index contributed by atoms with van der Waals surface area (Å²) in [6.07, 6.45) is 1.48. The van der Waals surface area contributed by atoms with Gasteiger partial charge in [0.15, 0.2) is 0 Å². The Morgan fingerprint density at radius 1 is 1.17 bits per heavy atom. The Labute approximate surface area is 177 Å². The first kappa shape index (κ1) is 19.7. The Balaban J connectivity index is 1.60. The number of halogens is 1. The first-order valence-corrected chi connectivity index (χ1v) is 9.74. The molecule has 0 saturated carbocycles. The fourth-order valence-corrected chi connectivity index (χ4v) is 3.42. The molecule has 2 heterocycles. The minimum Gasteiger partial charge on any atom is -0.277 e. The highest BCUT2D eigenvalue weighted by Crippen LogP contribution is 2.18. The molecule has 0 fully saturated rings. The quantitative estimate of drug-likeness (QED) is 0.481. The fraction of sp³-hybridized carbons (Fsp3) is 0.143. The van der Waals surface area contributed by atoms with E-state index in [9.17, 15) is 9.59 Å². The van der Waals surface area contributed by atoms with Crippen LogP contribution in [0.25, 0.3) is 16.6 Å². The molecular weight excluding hydrogens is 404 g/mol. The number of fused-ring (bicyclic) bond motifs is 1. The van der Waals surface area contributed by atoms with E-state index in [1.807, 2.05) is 19.1 Å². The first-order chi connectivity index (χ1) is 14.5. The summed E-state index contributed by atoms with van der Waals surface area (Å²) in [6.45, 7) is 4.03. The van der Waals surface area contributed by atoms with Crippen molar-refractivity contribution in [3.63, 3.8) is 0 Å². The first-order valence-electron chi connectivity index (χ1n) is 9.36. The summed E-state index contributed by atoms with van der Waals surface area (Å²) in [4.78, 5) is 29.9. The van der Waals surface area contributed by atoms with Crippen LogP contribution in [0.2, 0.25) is 5.02 Å². The Bertz CT molecular complexity index is 1310. The third kappa shape index (κ3) is 3.53. The zero-order valence-corrected chi connectivity index (χ0v) is 17.1. The second kappa shape index (κ2) is 8.00. The van der Waals surface area contributed by atoms with E-state index in [0.717, 1.165) is 5.69 Å². The van der Waals surface area contributed by atoms with E-state index in [-0.39, 0.29) is 11.5 Å². The van der Waals surface area contributed by atoms with Crippen LogP contribution in [0.5, 0.6) is 0 Å². The molecule has 152 valence electrons. The number of benzene rings is 2. The molecule has 0 spiro atoms. The van der Waals surface area contributed by atoms with Crippen LogP contribution in [-0.4, -0.2) is 25.2 Å². The van der Waals surface area contributed by atoms with Gasteiger partial charge in [-0.15, -0.1) is 0 Å². The molecule has 2 N–H and O–H groups in total. The van der Waals surface area contributed by atoms with Crippen LogP contribution in [0.3, 0.4) is 0 Å². The third-order valence-corrected chi connectivity index (χ3v) is 5.01. The number of hydrazine groups is 1. The Morgan fingerprint density at radius 3 is 2.73 bits per heavy atom. The normalized spacial score (nSPS) is 10.9. The predicted octanol–water partition coefficient (Wildman–Crippen LogP) is 3.32. The van der Waals surface area contributed by atoms with Crippen molar-refractivity contribution in [2.24, 2.45) is 0 Å². The van der Waals surface area contributed by atoms with Gasteiger partial charge in [0.2, 0.25) is 5.95 Å². The van der Waals surface area contributed by atoms with Gasteiger partial charge >= 0.3 is 0 Å². The van der Waals surface area contributed by atoms with Gasteiger partial charge in [0.1, 0.15) is 0 Å². The molecule has 0 aliphatic heterocycles. The third-order valence-electron chi connectivity index (χ3n) is 4.77. The van der Waals surface area contributed by atoms with Crippen LogP contribution in [0, 0.1) is 6.92 Å². The Hall–Kier alpha value is -3.65. The fourth-order valence-electron chi connectivity index (χ4n) is 3.24. The van der Waals surface area contributed by atoms with Gasteiger partial charge in [-0.2, -0.15) is 5.10 Å². The molecule has 0 saturated heterocycles. The van der Waals surface area contributed by atoms with Crippen molar-refractivity contribution in [2.75, 3.05) is 5.43 Å². The number of para-hydroxylation sites is 1. The minimum atomic E-state index is -0.397. The predicted molar refractivity (Wildman–Crippen MR) is 116 cm³/mol. The van der Waals surface area contributed by atoms with Crippen LogP contribution >= 0.6 is 11.6 Å². The number of carbonyl (C=O) groups is 1. The Morgan fingerprint density at radius 2 is 1.97 bits per heavy atom. The molecule has 2 aromatic carbocycles. The number of aromatic nitrogens is 4. The topological polar surface area (TPSA) is 93.8 Å². The van der Waals surface area contributed by atoms with E-state index in [1.54, 1.807) is 48.0 Å². The number of rotatable bonds is 5. The lowest BCUT2D eigenvalue weighted by atomic mass is 10.2. The van der Waals surface area contributed by atoms with E-state index in [4.69, 9.17) is 11.6 Å². The summed E-state index contributed by atoms with van der Waals surface area (Å²) in [5.41, 5.74) is 7.54. The number of hydrogen-bond acceptors (Lipinski definition) is 5. The standard InChI is InChI=1S/C21H19ClN6O2/c1-3-27-20(30)16-9-4-5-10-18(16)24-21(27)26-25-19(29)17-12-23-28(13(17)2)15-8-6-7-14(22)11-15/h4-12H,3H2,1-2H3,(H,24,26)(H,25,29). The molecule has 8 nitrogen and oxygen atoms in total. The van der Waals surface area contributed by atoms with Gasteiger partial charge in [-0.3, -0.25) is 25.0 Å².